The van der Waals surface area contributed by atoms with Crippen molar-refractivity contribution in [1.29, 1.82) is 0 Å². The predicted molar refractivity (Wildman–Crippen MR) is 102 cm³/mol. The van der Waals surface area contributed by atoms with Crippen LogP contribution in [0, 0.1) is 13.8 Å². The molecule has 0 aliphatic carbocycles. The highest BCUT2D eigenvalue weighted by Crippen LogP contribution is 2.26. The number of amides is 1. The lowest BCUT2D eigenvalue weighted by molar-refractivity contribution is 0.102. The molecule has 1 fully saturated rings. The van der Waals surface area contributed by atoms with Gasteiger partial charge in [0.2, 0.25) is 0 Å². The van der Waals surface area contributed by atoms with Gasteiger partial charge in [0.15, 0.2) is 0 Å². The van der Waals surface area contributed by atoms with E-state index >= 15 is 0 Å². The van der Waals surface area contributed by atoms with Gasteiger partial charge in [0.1, 0.15) is 23.1 Å². The molecule has 1 aliphatic heterocycles. The topological polar surface area (TPSA) is 70.6 Å². The Labute approximate surface area is 154 Å². The number of aromatic nitrogens is 2. The van der Waals surface area contributed by atoms with Gasteiger partial charge in [0.05, 0.1) is 12.8 Å². The van der Waals surface area contributed by atoms with Gasteiger partial charge < -0.3 is 19.9 Å². The number of methoxy groups -OCH3 is 1. The fourth-order valence-electron chi connectivity index (χ4n) is 2.97. The minimum atomic E-state index is -0.269. The van der Waals surface area contributed by atoms with E-state index in [0.717, 1.165) is 37.6 Å². The molecule has 7 heteroatoms. The summed E-state index contributed by atoms with van der Waals surface area (Å²) in [6, 6.07) is 7.42. The minimum absolute atomic E-state index is 0.269. The van der Waals surface area contributed by atoms with Crippen molar-refractivity contribution in [3.05, 3.63) is 41.3 Å². The highest BCUT2D eigenvalue weighted by Gasteiger charge is 2.19. The summed E-state index contributed by atoms with van der Waals surface area (Å²) < 4.78 is 5.33. The van der Waals surface area contributed by atoms with Crippen molar-refractivity contribution in [2.24, 2.45) is 0 Å². The zero-order valence-corrected chi connectivity index (χ0v) is 15.7. The normalized spacial score (nSPS) is 15.0. The van der Waals surface area contributed by atoms with Crippen LogP contribution in [0.2, 0.25) is 0 Å². The Morgan fingerprint density at radius 2 is 1.85 bits per heavy atom. The molecule has 0 atom stereocenters. The van der Waals surface area contributed by atoms with Crippen LogP contribution in [-0.2, 0) is 0 Å². The second kappa shape index (κ2) is 7.70. The van der Waals surface area contributed by atoms with Crippen molar-refractivity contribution in [3.63, 3.8) is 0 Å². The van der Waals surface area contributed by atoms with Gasteiger partial charge in [-0.25, -0.2) is 9.97 Å². The summed E-state index contributed by atoms with van der Waals surface area (Å²) >= 11 is 0. The van der Waals surface area contributed by atoms with Crippen molar-refractivity contribution < 1.29 is 9.53 Å². The third-order valence-electron chi connectivity index (χ3n) is 4.49. The second-order valence-corrected chi connectivity index (χ2v) is 6.61. The molecule has 0 saturated carbocycles. The lowest BCUT2D eigenvalue weighted by atomic mass is 10.2. The molecule has 2 aromatic rings. The number of carbonyl (C=O) groups is 1. The van der Waals surface area contributed by atoms with E-state index in [1.807, 2.05) is 32.0 Å². The van der Waals surface area contributed by atoms with E-state index in [0.29, 0.717) is 23.0 Å². The summed E-state index contributed by atoms with van der Waals surface area (Å²) in [6.07, 6.45) is 0. The number of benzene rings is 1. The number of hydrogen-bond acceptors (Lipinski definition) is 6. The van der Waals surface area contributed by atoms with Gasteiger partial charge in [-0.3, -0.25) is 4.79 Å². The van der Waals surface area contributed by atoms with Crippen LogP contribution in [0.4, 0.5) is 11.5 Å². The first kappa shape index (κ1) is 18.1. The monoisotopic (exact) mass is 355 g/mol. The van der Waals surface area contributed by atoms with Gasteiger partial charge in [-0.2, -0.15) is 0 Å². The number of carbonyl (C=O) groups excluding carboxylic acids is 1. The molecule has 1 aromatic carbocycles. The molecular formula is C19H25N5O2. The van der Waals surface area contributed by atoms with Crippen LogP contribution in [0.5, 0.6) is 5.75 Å². The molecule has 0 radical (unpaired) electrons. The number of piperazine rings is 1. The zero-order valence-electron chi connectivity index (χ0n) is 15.7. The first-order valence-corrected chi connectivity index (χ1v) is 8.71. The van der Waals surface area contributed by atoms with Crippen molar-refractivity contribution in [2.45, 2.75) is 13.8 Å². The van der Waals surface area contributed by atoms with Gasteiger partial charge in [0, 0.05) is 32.2 Å². The van der Waals surface area contributed by atoms with Gasteiger partial charge in [-0.1, -0.05) is 6.07 Å². The van der Waals surface area contributed by atoms with Gasteiger partial charge in [0.25, 0.3) is 5.91 Å². The third-order valence-corrected chi connectivity index (χ3v) is 4.49. The van der Waals surface area contributed by atoms with Crippen molar-refractivity contribution >= 4 is 17.4 Å². The molecule has 1 aromatic heterocycles. The quantitative estimate of drug-likeness (QED) is 0.906. The Kier molecular flexibility index (Phi) is 5.37. The molecule has 0 bridgehead atoms. The maximum atomic E-state index is 12.7. The summed E-state index contributed by atoms with van der Waals surface area (Å²) in [5, 5.41) is 2.90. The molecule has 138 valence electrons. The summed E-state index contributed by atoms with van der Waals surface area (Å²) in [6.45, 7) is 7.51. The first-order chi connectivity index (χ1) is 12.5. The zero-order chi connectivity index (χ0) is 18.7. The number of likely N-dealkylation sites (N-methyl/N-ethyl adjacent to an activating group) is 1. The Balaban J connectivity index is 1.82. The van der Waals surface area contributed by atoms with E-state index in [-0.39, 0.29) is 5.91 Å². The predicted octanol–water partition coefficient (Wildman–Crippen LogP) is 2.11. The van der Waals surface area contributed by atoms with Crippen LogP contribution in [0.3, 0.4) is 0 Å². The minimum Gasteiger partial charge on any atom is -0.495 e. The Morgan fingerprint density at radius 3 is 2.54 bits per heavy atom. The van der Waals surface area contributed by atoms with Crippen molar-refractivity contribution in [3.8, 4) is 5.75 Å². The molecule has 3 rings (SSSR count). The molecular weight excluding hydrogens is 330 g/mol. The van der Waals surface area contributed by atoms with Crippen LogP contribution in [0.1, 0.15) is 21.9 Å². The van der Waals surface area contributed by atoms with Gasteiger partial charge in [-0.05, 0) is 38.6 Å². The SMILES string of the molecule is COc1ccc(C)cc1NC(=O)c1cc(N2CCN(C)CC2)nc(C)n1. The standard InChI is InChI=1S/C19H25N5O2/c1-13-5-6-17(26-4)15(11-13)22-19(25)16-12-18(21-14(2)20-16)24-9-7-23(3)8-10-24/h5-6,11-12H,7-10H2,1-4H3,(H,22,25). The number of ether oxygens (including phenoxy) is 1. The average molecular weight is 355 g/mol. The summed E-state index contributed by atoms with van der Waals surface area (Å²) in [7, 11) is 3.69. The van der Waals surface area contributed by atoms with E-state index in [4.69, 9.17) is 4.74 Å². The van der Waals surface area contributed by atoms with Crippen LogP contribution in [0.25, 0.3) is 0 Å². The van der Waals surface area contributed by atoms with Crippen LogP contribution in [-0.4, -0.2) is 61.1 Å². The lowest BCUT2D eigenvalue weighted by Crippen LogP contribution is -2.45. The van der Waals surface area contributed by atoms with E-state index < -0.39 is 0 Å². The van der Waals surface area contributed by atoms with Crippen LogP contribution >= 0.6 is 0 Å². The number of nitrogens with one attached hydrogen (secondary N) is 1. The summed E-state index contributed by atoms with van der Waals surface area (Å²) in [4.78, 5) is 26.1. The summed E-state index contributed by atoms with van der Waals surface area (Å²) in [5.41, 5.74) is 2.03. The maximum absolute atomic E-state index is 12.7. The van der Waals surface area contributed by atoms with E-state index in [1.54, 1.807) is 13.2 Å². The smallest absolute Gasteiger partial charge is 0.274 e. The van der Waals surface area contributed by atoms with Crippen LogP contribution < -0.4 is 15.0 Å². The number of aryl methyl sites for hydroxylation is 2. The highest BCUT2D eigenvalue weighted by atomic mass is 16.5. The largest absolute Gasteiger partial charge is 0.495 e. The van der Waals surface area contributed by atoms with E-state index in [1.165, 1.54) is 0 Å². The van der Waals surface area contributed by atoms with Crippen molar-refractivity contribution in [2.75, 3.05) is 50.6 Å². The molecule has 1 amide bonds. The summed E-state index contributed by atoms with van der Waals surface area (Å²) in [5.74, 6) is 1.73. The Hall–Kier alpha value is -2.67. The Morgan fingerprint density at radius 1 is 1.12 bits per heavy atom. The fourth-order valence-corrected chi connectivity index (χ4v) is 2.97. The molecule has 0 spiro atoms. The third kappa shape index (κ3) is 4.11. The first-order valence-electron chi connectivity index (χ1n) is 8.71. The second-order valence-electron chi connectivity index (χ2n) is 6.61. The molecule has 1 saturated heterocycles. The molecule has 0 unspecified atom stereocenters. The molecule has 1 N–H and O–H groups in total. The molecule has 1 aliphatic rings. The number of nitrogens with zero attached hydrogens (tertiary/aromatic N) is 4. The van der Waals surface area contributed by atoms with Gasteiger partial charge >= 0.3 is 0 Å². The number of anilines is 2. The molecule has 26 heavy (non-hydrogen) atoms. The van der Waals surface area contributed by atoms with Gasteiger partial charge in [-0.15, -0.1) is 0 Å². The number of hydrogen-bond donors (Lipinski definition) is 1. The van der Waals surface area contributed by atoms with E-state index in [2.05, 4.69) is 32.1 Å². The van der Waals surface area contributed by atoms with Crippen LogP contribution in [0.15, 0.2) is 24.3 Å². The fraction of sp³-hybridized carbons (Fsp3) is 0.421. The lowest BCUT2D eigenvalue weighted by Gasteiger charge is -2.33. The van der Waals surface area contributed by atoms with E-state index in [9.17, 15) is 4.79 Å². The average Bonchev–Trinajstić information content (AvgIpc) is 2.62. The van der Waals surface area contributed by atoms with Crippen molar-refractivity contribution in [1.82, 2.24) is 14.9 Å². The molecule has 2 heterocycles. The maximum Gasteiger partial charge on any atom is 0.274 e. The highest BCUT2D eigenvalue weighted by molar-refractivity contribution is 6.04. The Bertz CT molecular complexity index is 801. The number of rotatable bonds is 4. The molecule has 7 nitrogen and oxygen atoms in total.